The molecule has 0 radical (unpaired) electrons. The van der Waals surface area contributed by atoms with Gasteiger partial charge in [0.05, 0.1) is 5.02 Å². The Morgan fingerprint density at radius 2 is 1.72 bits per heavy atom. The van der Waals surface area contributed by atoms with Gasteiger partial charge in [-0.1, -0.05) is 11.6 Å². The maximum absolute atomic E-state index is 12.7. The van der Waals surface area contributed by atoms with Crippen LogP contribution in [0.3, 0.4) is 0 Å². The summed E-state index contributed by atoms with van der Waals surface area (Å²) in [6.07, 6.45) is 7.10. The zero-order valence-corrected chi connectivity index (χ0v) is 15.3. The molecule has 3 N–H and O–H groups in total. The Bertz CT molecular complexity index is 789. The number of hydrogen-bond donors (Lipinski definition) is 2. The Morgan fingerprint density at radius 1 is 1.16 bits per heavy atom. The van der Waals surface area contributed by atoms with Gasteiger partial charge in [-0.25, -0.2) is 0 Å². The second kappa shape index (κ2) is 5.86. The minimum atomic E-state index is -4.15. The van der Waals surface area contributed by atoms with Crippen LogP contribution in [0.15, 0.2) is 18.2 Å². The van der Waals surface area contributed by atoms with E-state index in [4.69, 9.17) is 16.7 Å². The number of carbonyl (C=O) groups excluding carboxylic acids is 1. The van der Waals surface area contributed by atoms with Gasteiger partial charge >= 0.3 is 10.3 Å². The largest absolute Gasteiger partial charge is 0.380 e. The predicted molar refractivity (Wildman–Crippen MR) is 93.6 cm³/mol. The smallest absolute Gasteiger partial charge is 0.369 e. The van der Waals surface area contributed by atoms with Crippen molar-refractivity contribution in [3.8, 4) is 5.75 Å². The lowest BCUT2D eigenvalue weighted by atomic mass is 9.53. The van der Waals surface area contributed by atoms with Crippen molar-refractivity contribution in [3.63, 3.8) is 0 Å². The normalized spacial score (nSPS) is 33.3. The minimum absolute atomic E-state index is 0.0344. The van der Waals surface area contributed by atoms with Crippen molar-refractivity contribution in [2.75, 3.05) is 0 Å². The first-order chi connectivity index (χ1) is 11.7. The topological polar surface area (TPSA) is 98.5 Å². The SMILES string of the molecule is NS(=O)(=O)Oc1ccc(C(=O)NC23CC4CC(CC(C4)C2)C3)cc1Cl. The molecule has 1 amide bonds. The maximum Gasteiger partial charge on any atom is 0.380 e. The molecule has 1 aromatic carbocycles. The number of hydrogen-bond acceptors (Lipinski definition) is 4. The number of nitrogens with one attached hydrogen (secondary N) is 1. The summed E-state index contributed by atoms with van der Waals surface area (Å²) in [5.41, 5.74) is 0.302. The van der Waals surface area contributed by atoms with Crippen molar-refractivity contribution in [3.05, 3.63) is 28.8 Å². The average molecular weight is 385 g/mol. The van der Waals surface area contributed by atoms with E-state index in [-0.39, 0.29) is 22.2 Å². The van der Waals surface area contributed by atoms with Crippen LogP contribution in [0.1, 0.15) is 48.9 Å². The van der Waals surface area contributed by atoms with Crippen molar-refractivity contribution in [2.24, 2.45) is 22.9 Å². The Labute approximate surface area is 152 Å². The predicted octanol–water partition coefficient (Wildman–Crippen LogP) is 2.62. The molecule has 0 spiro atoms. The van der Waals surface area contributed by atoms with Crippen LogP contribution in [0.4, 0.5) is 0 Å². The van der Waals surface area contributed by atoms with Crippen LogP contribution in [-0.4, -0.2) is 19.9 Å². The number of halogens is 1. The van der Waals surface area contributed by atoms with Crippen LogP contribution in [0.25, 0.3) is 0 Å². The van der Waals surface area contributed by atoms with Crippen LogP contribution in [-0.2, 0) is 10.3 Å². The molecule has 4 bridgehead atoms. The quantitative estimate of drug-likeness (QED) is 0.833. The number of carbonyl (C=O) groups is 1. The van der Waals surface area contributed by atoms with Gasteiger partial charge in [-0.05, 0) is 74.5 Å². The van der Waals surface area contributed by atoms with Gasteiger partial charge in [0, 0.05) is 11.1 Å². The highest BCUT2D eigenvalue weighted by Gasteiger charge is 2.51. The van der Waals surface area contributed by atoms with Crippen molar-refractivity contribution >= 4 is 27.8 Å². The summed E-state index contributed by atoms with van der Waals surface area (Å²) in [6, 6.07) is 4.27. The van der Waals surface area contributed by atoms with Gasteiger partial charge in [-0.2, -0.15) is 13.6 Å². The number of rotatable bonds is 4. The van der Waals surface area contributed by atoms with E-state index < -0.39 is 10.3 Å². The van der Waals surface area contributed by atoms with Gasteiger partial charge in [0.1, 0.15) is 0 Å². The number of benzene rings is 1. The Hall–Kier alpha value is -1.31. The maximum atomic E-state index is 12.7. The Balaban J connectivity index is 1.51. The van der Waals surface area contributed by atoms with Gasteiger partial charge in [-0.3, -0.25) is 4.79 Å². The molecule has 136 valence electrons. The summed E-state index contributed by atoms with van der Waals surface area (Å²) < 4.78 is 26.6. The monoisotopic (exact) mass is 384 g/mol. The van der Waals surface area contributed by atoms with Gasteiger partial charge in [0.2, 0.25) is 0 Å². The van der Waals surface area contributed by atoms with E-state index in [0.717, 1.165) is 37.0 Å². The molecule has 0 aromatic heterocycles. The molecule has 0 heterocycles. The molecule has 0 unspecified atom stereocenters. The average Bonchev–Trinajstić information content (AvgIpc) is 2.46. The van der Waals surface area contributed by atoms with Gasteiger partial charge < -0.3 is 9.50 Å². The second-order valence-electron chi connectivity index (χ2n) is 7.87. The first kappa shape index (κ1) is 17.1. The molecular weight excluding hydrogens is 364 g/mol. The van der Waals surface area contributed by atoms with E-state index >= 15 is 0 Å². The molecule has 4 aliphatic rings. The molecule has 0 atom stereocenters. The van der Waals surface area contributed by atoms with Crippen LogP contribution in [0.5, 0.6) is 5.75 Å². The summed E-state index contributed by atoms with van der Waals surface area (Å²) in [6.45, 7) is 0. The summed E-state index contributed by atoms with van der Waals surface area (Å²) in [5, 5.41) is 8.13. The number of nitrogens with two attached hydrogens (primary N) is 1. The third kappa shape index (κ3) is 3.50. The fraction of sp³-hybridized carbons (Fsp3) is 0.588. The second-order valence-corrected chi connectivity index (χ2v) is 9.43. The zero-order chi connectivity index (χ0) is 17.8. The molecule has 4 aliphatic carbocycles. The van der Waals surface area contributed by atoms with Crippen molar-refractivity contribution < 1.29 is 17.4 Å². The molecular formula is C17H21ClN2O4S. The molecule has 8 heteroatoms. The highest BCUT2D eigenvalue weighted by Crippen LogP contribution is 2.55. The molecule has 6 nitrogen and oxygen atoms in total. The van der Waals surface area contributed by atoms with E-state index in [2.05, 4.69) is 9.50 Å². The van der Waals surface area contributed by atoms with Crippen LogP contribution < -0.4 is 14.6 Å². The van der Waals surface area contributed by atoms with E-state index in [9.17, 15) is 13.2 Å². The van der Waals surface area contributed by atoms with Crippen LogP contribution in [0.2, 0.25) is 5.02 Å². The summed E-state index contributed by atoms with van der Waals surface area (Å²) in [4.78, 5) is 12.7. The molecule has 1 aromatic rings. The standard InChI is InChI=1S/C17H21ClN2O4S/c18-14-6-13(1-2-15(14)24-25(19,22)23)16(21)20-17-7-10-3-11(8-17)5-12(4-10)9-17/h1-2,6,10-12H,3-5,7-9H2,(H,20,21)(H2,19,22,23). The minimum Gasteiger partial charge on any atom is -0.369 e. The fourth-order valence-electron chi connectivity index (χ4n) is 5.41. The lowest BCUT2D eigenvalue weighted by Gasteiger charge is -2.56. The first-order valence-electron chi connectivity index (χ1n) is 8.56. The summed E-state index contributed by atoms with van der Waals surface area (Å²) >= 11 is 6.03. The third-order valence-electron chi connectivity index (χ3n) is 5.82. The van der Waals surface area contributed by atoms with E-state index in [1.165, 1.54) is 37.5 Å². The highest BCUT2D eigenvalue weighted by atomic mass is 35.5. The van der Waals surface area contributed by atoms with E-state index in [1.807, 2.05) is 0 Å². The molecule has 25 heavy (non-hydrogen) atoms. The molecule has 4 fully saturated rings. The van der Waals surface area contributed by atoms with Crippen molar-refractivity contribution in [1.29, 1.82) is 0 Å². The van der Waals surface area contributed by atoms with Crippen molar-refractivity contribution in [1.82, 2.24) is 5.32 Å². The Kier molecular flexibility index (Phi) is 4.01. The van der Waals surface area contributed by atoms with Gasteiger partial charge in [0.25, 0.3) is 5.91 Å². The summed E-state index contributed by atoms with van der Waals surface area (Å²) in [7, 11) is -4.15. The first-order valence-corrected chi connectivity index (χ1v) is 10.4. The van der Waals surface area contributed by atoms with Gasteiger partial charge in [-0.15, -0.1) is 0 Å². The Morgan fingerprint density at radius 3 is 2.20 bits per heavy atom. The molecule has 5 rings (SSSR count). The lowest BCUT2D eigenvalue weighted by Crippen LogP contribution is -2.59. The fourth-order valence-corrected chi connectivity index (χ4v) is 6.07. The molecule has 0 saturated heterocycles. The van der Waals surface area contributed by atoms with E-state index in [0.29, 0.717) is 5.56 Å². The molecule has 4 saturated carbocycles. The molecule has 0 aliphatic heterocycles. The van der Waals surface area contributed by atoms with Crippen LogP contribution in [0, 0.1) is 17.8 Å². The van der Waals surface area contributed by atoms with Crippen LogP contribution >= 0.6 is 11.6 Å². The van der Waals surface area contributed by atoms with E-state index in [1.54, 1.807) is 0 Å². The summed E-state index contributed by atoms with van der Waals surface area (Å²) in [5.74, 6) is 1.95. The number of amides is 1. The van der Waals surface area contributed by atoms with Crippen molar-refractivity contribution in [2.45, 2.75) is 44.1 Å². The highest BCUT2D eigenvalue weighted by molar-refractivity contribution is 7.84. The lowest BCUT2D eigenvalue weighted by molar-refractivity contribution is -0.0167. The zero-order valence-electron chi connectivity index (χ0n) is 13.7. The third-order valence-corrected chi connectivity index (χ3v) is 6.52. The van der Waals surface area contributed by atoms with Gasteiger partial charge in [0.15, 0.2) is 5.75 Å².